The van der Waals surface area contributed by atoms with Crippen molar-refractivity contribution in [2.75, 3.05) is 13.1 Å². The Bertz CT molecular complexity index is 721. The molecule has 1 aliphatic heterocycles. The summed E-state index contributed by atoms with van der Waals surface area (Å²) < 4.78 is 39.0. The molecule has 2 rings (SSSR count). The van der Waals surface area contributed by atoms with Gasteiger partial charge in [0.05, 0.1) is 11.0 Å². The highest BCUT2D eigenvalue weighted by Crippen LogP contribution is 2.26. The van der Waals surface area contributed by atoms with E-state index in [0.717, 1.165) is 28.6 Å². The van der Waals surface area contributed by atoms with E-state index < -0.39 is 46.3 Å². The van der Waals surface area contributed by atoms with Gasteiger partial charge in [-0.15, -0.1) is 0 Å². The molecule has 1 amide bonds. The number of aliphatic hydroxyl groups excluding tert-OH is 1. The van der Waals surface area contributed by atoms with Crippen LogP contribution in [0.4, 0.5) is 4.39 Å². The van der Waals surface area contributed by atoms with Crippen molar-refractivity contribution in [2.45, 2.75) is 29.9 Å². The first-order valence-electron chi connectivity index (χ1n) is 7.15. The molecule has 0 saturated carbocycles. The second kappa shape index (κ2) is 7.24. The number of hydrogen-bond donors (Lipinski definition) is 2. The standard InChI is InChI=1S/C14H17FN2O6S/c15-9-1-3-11(4-2-9)24(22,23)17-8-10(18)7-12(17)14(21)16-6-5-13(19)20/h1-4,10,12,18H,5-8H2,(H,16,21)(H,19,20)/p-1/t10-,12-/m1/s1. The van der Waals surface area contributed by atoms with Gasteiger partial charge in [0.15, 0.2) is 0 Å². The first-order chi connectivity index (χ1) is 11.2. The molecule has 1 saturated heterocycles. The van der Waals surface area contributed by atoms with E-state index in [0.29, 0.717) is 0 Å². The molecule has 2 atom stereocenters. The number of rotatable bonds is 6. The summed E-state index contributed by atoms with van der Waals surface area (Å²) in [4.78, 5) is 22.3. The van der Waals surface area contributed by atoms with E-state index in [4.69, 9.17) is 0 Å². The molecule has 24 heavy (non-hydrogen) atoms. The van der Waals surface area contributed by atoms with Crippen LogP contribution in [0.3, 0.4) is 0 Å². The zero-order valence-corrected chi connectivity index (χ0v) is 13.3. The van der Waals surface area contributed by atoms with Crippen LogP contribution in [0.2, 0.25) is 0 Å². The molecule has 132 valence electrons. The fourth-order valence-corrected chi connectivity index (χ4v) is 4.07. The van der Waals surface area contributed by atoms with E-state index in [2.05, 4.69) is 5.32 Å². The molecule has 8 nitrogen and oxygen atoms in total. The van der Waals surface area contributed by atoms with E-state index in [-0.39, 0.29) is 24.4 Å². The highest BCUT2D eigenvalue weighted by atomic mass is 32.2. The topological polar surface area (TPSA) is 127 Å². The maximum atomic E-state index is 13.0. The van der Waals surface area contributed by atoms with Gasteiger partial charge in [-0.05, 0) is 24.3 Å². The van der Waals surface area contributed by atoms with Crippen LogP contribution < -0.4 is 10.4 Å². The molecule has 0 radical (unpaired) electrons. The van der Waals surface area contributed by atoms with E-state index in [1.165, 1.54) is 0 Å². The van der Waals surface area contributed by atoms with Crippen molar-refractivity contribution < 1.29 is 32.6 Å². The molecule has 0 aromatic heterocycles. The number of aliphatic hydroxyl groups is 1. The van der Waals surface area contributed by atoms with Gasteiger partial charge in [0, 0.05) is 31.9 Å². The maximum Gasteiger partial charge on any atom is 0.243 e. The Morgan fingerprint density at radius 1 is 1.33 bits per heavy atom. The summed E-state index contributed by atoms with van der Waals surface area (Å²) in [6.45, 7) is -0.490. The number of sulfonamides is 1. The van der Waals surface area contributed by atoms with Gasteiger partial charge in [-0.1, -0.05) is 0 Å². The van der Waals surface area contributed by atoms with Gasteiger partial charge in [0.2, 0.25) is 15.9 Å². The largest absolute Gasteiger partial charge is 0.550 e. The Balaban J connectivity index is 2.18. The number of nitrogens with zero attached hydrogens (tertiary/aromatic N) is 1. The van der Waals surface area contributed by atoms with Gasteiger partial charge in [0.25, 0.3) is 0 Å². The second-order valence-electron chi connectivity index (χ2n) is 5.35. The first kappa shape index (κ1) is 18.3. The molecule has 0 spiro atoms. The Morgan fingerprint density at radius 2 is 1.96 bits per heavy atom. The lowest BCUT2D eigenvalue weighted by Crippen LogP contribution is -2.46. The number of carbonyl (C=O) groups is 2. The molecule has 2 N–H and O–H groups in total. The van der Waals surface area contributed by atoms with Gasteiger partial charge in [-0.3, -0.25) is 4.79 Å². The molecule has 0 aliphatic carbocycles. The zero-order chi connectivity index (χ0) is 17.9. The lowest BCUT2D eigenvalue weighted by Gasteiger charge is -2.23. The molecule has 1 heterocycles. The summed E-state index contributed by atoms with van der Waals surface area (Å²) in [6.07, 6.45) is -1.55. The van der Waals surface area contributed by atoms with E-state index in [1.807, 2.05) is 0 Å². The monoisotopic (exact) mass is 359 g/mol. The lowest BCUT2D eigenvalue weighted by molar-refractivity contribution is -0.305. The van der Waals surface area contributed by atoms with Gasteiger partial charge in [-0.25, -0.2) is 12.8 Å². The number of carbonyl (C=O) groups excluding carboxylic acids is 2. The highest BCUT2D eigenvalue weighted by molar-refractivity contribution is 7.89. The first-order valence-corrected chi connectivity index (χ1v) is 8.59. The number of amides is 1. The van der Waals surface area contributed by atoms with E-state index in [1.54, 1.807) is 0 Å². The predicted octanol–water partition coefficient (Wildman–Crippen LogP) is -1.79. The number of carboxylic acid groups (broad SMARTS) is 1. The average molecular weight is 359 g/mol. The summed E-state index contributed by atoms with van der Waals surface area (Å²) in [5, 5.41) is 22.4. The third-order valence-corrected chi connectivity index (χ3v) is 5.47. The lowest BCUT2D eigenvalue weighted by atomic mass is 10.2. The van der Waals surface area contributed by atoms with Crippen LogP contribution in [-0.4, -0.2) is 54.9 Å². The Morgan fingerprint density at radius 3 is 2.54 bits per heavy atom. The molecule has 1 fully saturated rings. The molecule has 0 unspecified atom stereocenters. The van der Waals surface area contributed by atoms with Crippen LogP contribution in [0.1, 0.15) is 12.8 Å². The third-order valence-electron chi connectivity index (χ3n) is 3.58. The number of hydrogen-bond acceptors (Lipinski definition) is 6. The Labute approximate surface area is 137 Å². The van der Waals surface area contributed by atoms with Gasteiger partial charge in [-0.2, -0.15) is 4.31 Å². The Hall–Kier alpha value is -2.04. The Kier molecular flexibility index (Phi) is 5.52. The molecular formula is C14H16FN2O6S-. The zero-order valence-electron chi connectivity index (χ0n) is 12.5. The number of aliphatic carboxylic acids is 1. The smallest absolute Gasteiger partial charge is 0.243 e. The van der Waals surface area contributed by atoms with Crippen LogP contribution in [0, 0.1) is 5.82 Å². The quantitative estimate of drug-likeness (QED) is 0.617. The van der Waals surface area contributed by atoms with Crippen molar-refractivity contribution in [2.24, 2.45) is 0 Å². The summed E-state index contributed by atoms with van der Waals surface area (Å²) in [6, 6.07) is 2.93. The molecule has 1 aliphatic rings. The number of benzene rings is 1. The maximum absolute atomic E-state index is 13.0. The minimum atomic E-state index is -4.11. The number of nitrogens with one attached hydrogen (secondary N) is 1. The minimum absolute atomic E-state index is 0.114. The molecule has 1 aromatic carbocycles. The van der Waals surface area contributed by atoms with Gasteiger partial charge >= 0.3 is 0 Å². The molecule has 10 heteroatoms. The van der Waals surface area contributed by atoms with Crippen LogP contribution >= 0.6 is 0 Å². The summed E-state index contributed by atoms with van der Waals surface area (Å²) in [7, 11) is -4.11. The molecule has 1 aromatic rings. The van der Waals surface area contributed by atoms with Crippen molar-refractivity contribution in [1.29, 1.82) is 0 Å². The third kappa shape index (κ3) is 4.08. The average Bonchev–Trinajstić information content (AvgIpc) is 2.90. The summed E-state index contributed by atoms with van der Waals surface area (Å²) in [5.41, 5.74) is 0. The fourth-order valence-electron chi connectivity index (χ4n) is 2.44. The number of β-amino-alcohol motifs (C(OH)–C–C–N with tert-alkyl or cyclic N) is 1. The SMILES string of the molecule is O=C([O-])CCNC(=O)[C@H]1C[C@@H](O)CN1S(=O)(=O)c1ccc(F)cc1. The van der Waals surface area contributed by atoms with Crippen molar-refractivity contribution >= 4 is 21.9 Å². The fraction of sp³-hybridized carbons (Fsp3) is 0.429. The van der Waals surface area contributed by atoms with Crippen molar-refractivity contribution in [3.63, 3.8) is 0 Å². The van der Waals surface area contributed by atoms with Crippen LogP contribution in [0.25, 0.3) is 0 Å². The van der Waals surface area contributed by atoms with Crippen LogP contribution in [-0.2, 0) is 19.6 Å². The number of halogens is 1. The minimum Gasteiger partial charge on any atom is -0.550 e. The van der Waals surface area contributed by atoms with Gasteiger partial charge in [0.1, 0.15) is 11.9 Å². The predicted molar refractivity (Wildman–Crippen MR) is 77.3 cm³/mol. The van der Waals surface area contributed by atoms with Crippen molar-refractivity contribution in [1.82, 2.24) is 9.62 Å². The number of carboxylic acids is 1. The summed E-state index contributed by atoms with van der Waals surface area (Å²) >= 11 is 0. The molecule has 0 bridgehead atoms. The van der Waals surface area contributed by atoms with E-state index in [9.17, 15) is 32.6 Å². The van der Waals surface area contributed by atoms with Crippen molar-refractivity contribution in [3.05, 3.63) is 30.1 Å². The van der Waals surface area contributed by atoms with Crippen molar-refractivity contribution in [3.8, 4) is 0 Å². The summed E-state index contributed by atoms with van der Waals surface area (Å²) in [5.74, 6) is -2.66. The van der Waals surface area contributed by atoms with Crippen LogP contribution in [0.5, 0.6) is 0 Å². The highest BCUT2D eigenvalue weighted by Gasteiger charge is 2.43. The van der Waals surface area contributed by atoms with Crippen LogP contribution in [0.15, 0.2) is 29.2 Å². The van der Waals surface area contributed by atoms with Gasteiger partial charge < -0.3 is 20.3 Å². The second-order valence-corrected chi connectivity index (χ2v) is 7.24. The molecular weight excluding hydrogens is 343 g/mol. The normalized spacial score (nSPS) is 21.6. The van der Waals surface area contributed by atoms with E-state index >= 15 is 0 Å².